The number of halogens is 1. The molecule has 0 bridgehead atoms. The van der Waals surface area contributed by atoms with E-state index in [1.807, 2.05) is 19.2 Å². The minimum absolute atomic E-state index is 0.218. The zero-order valence-electron chi connectivity index (χ0n) is 16.5. The van der Waals surface area contributed by atoms with E-state index in [2.05, 4.69) is 25.7 Å². The van der Waals surface area contributed by atoms with Crippen LogP contribution in [0.25, 0.3) is 5.82 Å². The molecule has 0 aliphatic heterocycles. The van der Waals surface area contributed by atoms with Gasteiger partial charge in [0.2, 0.25) is 0 Å². The molecule has 0 spiro atoms. The number of aryl methyl sites for hydroxylation is 1. The van der Waals surface area contributed by atoms with Crippen LogP contribution in [0.4, 0.5) is 5.82 Å². The summed E-state index contributed by atoms with van der Waals surface area (Å²) in [6, 6.07) is 10.6. The summed E-state index contributed by atoms with van der Waals surface area (Å²) in [7, 11) is 0. The van der Waals surface area contributed by atoms with Gasteiger partial charge in [0.1, 0.15) is 17.9 Å². The number of amides is 1. The predicted molar refractivity (Wildman–Crippen MR) is 112 cm³/mol. The zero-order chi connectivity index (χ0) is 20.9. The van der Waals surface area contributed by atoms with E-state index >= 15 is 0 Å². The molecule has 0 fully saturated rings. The topological polar surface area (TPSA) is 94.0 Å². The Morgan fingerprint density at radius 3 is 2.62 bits per heavy atom. The highest BCUT2D eigenvalue weighted by Gasteiger charge is 2.29. The average molecular weight is 415 g/mol. The van der Waals surface area contributed by atoms with Crippen LogP contribution in [0.1, 0.15) is 19.5 Å². The molecule has 8 nitrogen and oxygen atoms in total. The van der Waals surface area contributed by atoms with Gasteiger partial charge in [-0.15, -0.1) is 0 Å². The number of carbonyl (C=O) groups excluding carboxylic acids is 1. The summed E-state index contributed by atoms with van der Waals surface area (Å²) < 4.78 is 7.46. The number of nitrogens with one attached hydrogen (secondary N) is 2. The molecule has 0 aliphatic rings. The fourth-order valence-electron chi connectivity index (χ4n) is 2.53. The van der Waals surface area contributed by atoms with Crippen molar-refractivity contribution in [3.8, 4) is 11.6 Å². The molecular weight excluding hydrogens is 392 g/mol. The summed E-state index contributed by atoms with van der Waals surface area (Å²) in [4.78, 5) is 20.9. The van der Waals surface area contributed by atoms with Crippen LogP contribution in [0.2, 0.25) is 5.02 Å². The third-order valence-corrected chi connectivity index (χ3v) is 4.31. The Labute approximate surface area is 174 Å². The normalized spacial score (nSPS) is 11.2. The van der Waals surface area contributed by atoms with Crippen LogP contribution in [0.15, 0.2) is 48.9 Å². The van der Waals surface area contributed by atoms with Gasteiger partial charge in [-0.3, -0.25) is 4.79 Å². The monoisotopic (exact) mass is 414 g/mol. The smallest absolute Gasteiger partial charge is 0.263 e. The molecule has 0 saturated heterocycles. The van der Waals surface area contributed by atoms with E-state index in [0.717, 1.165) is 5.69 Å². The van der Waals surface area contributed by atoms with Crippen molar-refractivity contribution in [2.75, 3.05) is 18.4 Å². The quantitative estimate of drug-likeness (QED) is 0.550. The van der Waals surface area contributed by atoms with Crippen LogP contribution >= 0.6 is 11.6 Å². The highest BCUT2D eigenvalue weighted by Crippen LogP contribution is 2.21. The molecule has 2 aromatic heterocycles. The van der Waals surface area contributed by atoms with Gasteiger partial charge in [0.05, 0.1) is 5.69 Å². The molecule has 152 valence electrons. The Bertz CT molecular complexity index is 971. The van der Waals surface area contributed by atoms with Gasteiger partial charge in [-0.2, -0.15) is 5.10 Å². The van der Waals surface area contributed by atoms with E-state index < -0.39 is 5.60 Å². The molecule has 0 unspecified atom stereocenters. The SMILES string of the molecule is Cc1ccn(-c2cc(NCCNC(=O)C(C)(C)Oc3ccc(Cl)cc3)ncn2)n1. The Morgan fingerprint density at radius 1 is 1.17 bits per heavy atom. The minimum Gasteiger partial charge on any atom is -0.478 e. The van der Waals surface area contributed by atoms with Crippen LogP contribution in [-0.2, 0) is 4.79 Å². The highest BCUT2D eigenvalue weighted by atomic mass is 35.5. The van der Waals surface area contributed by atoms with Crippen LogP contribution in [-0.4, -0.2) is 44.3 Å². The first-order valence-corrected chi connectivity index (χ1v) is 9.53. The number of rotatable bonds is 8. The number of hydrogen-bond acceptors (Lipinski definition) is 6. The molecule has 2 heterocycles. The van der Waals surface area contributed by atoms with E-state index in [-0.39, 0.29) is 5.91 Å². The van der Waals surface area contributed by atoms with Gasteiger partial charge >= 0.3 is 0 Å². The van der Waals surface area contributed by atoms with Gasteiger partial charge in [0, 0.05) is 30.4 Å². The Hall–Kier alpha value is -3.13. The van der Waals surface area contributed by atoms with Crippen molar-refractivity contribution in [1.29, 1.82) is 0 Å². The number of carbonyl (C=O) groups is 1. The molecule has 0 saturated carbocycles. The number of aromatic nitrogens is 4. The summed E-state index contributed by atoms with van der Waals surface area (Å²) in [5, 5.41) is 11.0. The molecule has 3 aromatic rings. The largest absolute Gasteiger partial charge is 0.478 e. The molecule has 2 N–H and O–H groups in total. The van der Waals surface area contributed by atoms with Crippen molar-refractivity contribution < 1.29 is 9.53 Å². The van der Waals surface area contributed by atoms with Crippen LogP contribution in [0, 0.1) is 6.92 Å². The lowest BCUT2D eigenvalue weighted by Gasteiger charge is -2.25. The molecule has 9 heteroatoms. The first kappa shape index (κ1) is 20.6. The molecule has 1 aromatic carbocycles. The molecule has 29 heavy (non-hydrogen) atoms. The fourth-order valence-corrected chi connectivity index (χ4v) is 2.66. The molecule has 0 aliphatic carbocycles. The van der Waals surface area contributed by atoms with Gasteiger partial charge < -0.3 is 15.4 Å². The van der Waals surface area contributed by atoms with E-state index in [1.165, 1.54) is 6.33 Å². The summed E-state index contributed by atoms with van der Waals surface area (Å²) in [5.74, 6) is 1.67. The standard InChI is InChI=1S/C20H23ClN6O2/c1-14-8-11-27(26-14)18-12-17(24-13-25-18)22-9-10-23-19(28)20(2,3)29-16-6-4-15(21)5-7-16/h4-8,11-13H,9-10H2,1-3H3,(H,23,28)(H,22,24,25). The third-order valence-electron chi connectivity index (χ3n) is 4.06. The van der Waals surface area contributed by atoms with Gasteiger partial charge in [-0.1, -0.05) is 11.6 Å². The second kappa shape index (κ2) is 8.91. The van der Waals surface area contributed by atoms with Crippen molar-refractivity contribution in [2.45, 2.75) is 26.4 Å². The molecule has 1 amide bonds. The summed E-state index contributed by atoms with van der Waals surface area (Å²) >= 11 is 5.87. The number of benzene rings is 1. The predicted octanol–water partition coefficient (Wildman–Crippen LogP) is 3.01. The maximum absolute atomic E-state index is 12.5. The van der Waals surface area contributed by atoms with E-state index in [0.29, 0.717) is 35.5 Å². The summed E-state index contributed by atoms with van der Waals surface area (Å²) in [6.07, 6.45) is 3.31. The van der Waals surface area contributed by atoms with Crippen molar-refractivity contribution in [3.05, 3.63) is 59.6 Å². The third kappa shape index (κ3) is 5.68. The lowest BCUT2D eigenvalue weighted by molar-refractivity contribution is -0.134. The summed E-state index contributed by atoms with van der Waals surface area (Å²) in [6.45, 7) is 6.25. The maximum atomic E-state index is 12.5. The van der Waals surface area contributed by atoms with Crippen LogP contribution in [0.5, 0.6) is 5.75 Å². The highest BCUT2D eigenvalue weighted by molar-refractivity contribution is 6.30. The number of ether oxygens (including phenoxy) is 1. The summed E-state index contributed by atoms with van der Waals surface area (Å²) in [5.41, 5.74) is -0.113. The number of anilines is 1. The van der Waals surface area contributed by atoms with Crippen molar-refractivity contribution in [3.63, 3.8) is 0 Å². The fraction of sp³-hybridized carbons (Fsp3) is 0.300. The lowest BCUT2D eigenvalue weighted by atomic mass is 10.1. The Kier molecular flexibility index (Phi) is 6.33. The lowest BCUT2D eigenvalue weighted by Crippen LogP contribution is -2.47. The second-order valence-corrected chi connectivity index (χ2v) is 7.35. The first-order valence-electron chi connectivity index (χ1n) is 9.15. The van der Waals surface area contributed by atoms with Gasteiger partial charge in [-0.05, 0) is 51.1 Å². The van der Waals surface area contributed by atoms with Gasteiger partial charge in [0.25, 0.3) is 5.91 Å². The van der Waals surface area contributed by atoms with Crippen molar-refractivity contribution in [1.82, 2.24) is 25.1 Å². The van der Waals surface area contributed by atoms with Gasteiger partial charge in [-0.25, -0.2) is 14.6 Å². The molecule has 0 radical (unpaired) electrons. The van der Waals surface area contributed by atoms with E-state index in [4.69, 9.17) is 16.3 Å². The average Bonchev–Trinajstić information content (AvgIpc) is 3.13. The molecular formula is C20H23ClN6O2. The maximum Gasteiger partial charge on any atom is 0.263 e. The number of hydrogen-bond donors (Lipinski definition) is 2. The Balaban J connectivity index is 1.48. The Morgan fingerprint density at radius 2 is 1.93 bits per heavy atom. The first-order chi connectivity index (χ1) is 13.8. The molecule has 3 rings (SSSR count). The zero-order valence-corrected chi connectivity index (χ0v) is 17.3. The second-order valence-electron chi connectivity index (χ2n) is 6.91. The number of nitrogens with zero attached hydrogens (tertiary/aromatic N) is 4. The minimum atomic E-state index is -1.02. The van der Waals surface area contributed by atoms with E-state index in [1.54, 1.807) is 48.9 Å². The van der Waals surface area contributed by atoms with Gasteiger partial charge in [0.15, 0.2) is 11.4 Å². The molecule has 0 atom stereocenters. The van der Waals surface area contributed by atoms with E-state index in [9.17, 15) is 4.79 Å². The van der Waals surface area contributed by atoms with Crippen molar-refractivity contribution in [2.24, 2.45) is 0 Å². The van der Waals surface area contributed by atoms with Crippen LogP contribution < -0.4 is 15.4 Å². The van der Waals surface area contributed by atoms with Crippen LogP contribution in [0.3, 0.4) is 0 Å². The van der Waals surface area contributed by atoms with Crippen molar-refractivity contribution >= 4 is 23.3 Å².